The first-order chi connectivity index (χ1) is 16.5. The van der Waals surface area contributed by atoms with Gasteiger partial charge in [-0.05, 0) is 41.8 Å². The fourth-order valence-corrected chi connectivity index (χ4v) is 4.12. The molecular weight excluding hydrogens is 478 g/mol. The molecule has 0 aliphatic carbocycles. The molecule has 0 aliphatic heterocycles. The van der Waals surface area contributed by atoms with Crippen molar-refractivity contribution in [3.05, 3.63) is 101 Å². The molecule has 1 atom stereocenters. The van der Waals surface area contributed by atoms with Crippen LogP contribution in [-0.4, -0.2) is 26.3 Å². The lowest BCUT2D eigenvalue weighted by molar-refractivity contribution is -0.134. The monoisotopic (exact) mass is 504 g/mol. The topological polar surface area (TPSA) is 108 Å². The van der Waals surface area contributed by atoms with Crippen LogP contribution >= 0.6 is 0 Å². The number of benzene rings is 3. The van der Waals surface area contributed by atoms with Crippen molar-refractivity contribution in [3.63, 3.8) is 0 Å². The van der Waals surface area contributed by atoms with Crippen LogP contribution in [0.4, 0.5) is 8.78 Å². The molecule has 0 bridgehead atoms. The number of amides is 1. The molecule has 0 saturated carbocycles. The fourth-order valence-electron chi connectivity index (χ4n) is 3.37. The zero-order valence-electron chi connectivity index (χ0n) is 19.3. The number of rotatable bonds is 11. The van der Waals surface area contributed by atoms with Gasteiger partial charge in [0.1, 0.15) is 24.0 Å². The Hall–Kier alpha value is -3.34. The number of nitrogens with two attached hydrogens (primary N) is 1. The highest BCUT2D eigenvalue weighted by atomic mass is 32.2. The van der Waals surface area contributed by atoms with E-state index in [2.05, 4.69) is 5.32 Å². The SMILES string of the molecule is C[C@@](NCc1ccc(OCc2ccccc2F)c(Cc2ccccc2F)c1)(OS(C)(=O)=O)C(N)=O. The minimum Gasteiger partial charge on any atom is -0.489 e. The Balaban J connectivity index is 1.87. The highest BCUT2D eigenvalue weighted by Crippen LogP contribution is 2.26. The van der Waals surface area contributed by atoms with Crippen LogP contribution in [0.3, 0.4) is 0 Å². The van der Waals surface area contributed by atoms with E-state index >= 15 is 0 Å². The maximum atomic E-state index is 14.3. The molecule has 0 aliphatic rings. The summed E-state index contributed by atoms with van der Waals surface area (Å²) in [6.07, 6.45) is 0.990. The molecule has 3 aromatic carbocycles. The van der Waals surface area contributed by atoms with E-state index in [0.29, 0.717) is 28.0 Å². The van der Waals surface area contributed by atoms with E-state index in [9.17, 15) is 22.0 Å². The molecule has 10 heteroatoms. The van der Waals surface area contributed by atoms with Crippen LogP contribution in [0, 0.1) is 11.6 Å². The fraction of sp³-hybridized carbons (Fsp3) is 0.240. The maximum absolute atomic E-state index is 14.3. The zero-order chi connectivity index (χ0) is 25.6. The van der Waals surface area contributed by atoms with Gasteiger partial charge in [-0.15, -0.1) is 0 Å². The van der Waals surface area contributed by atoms with Gasteiger partial charge >= 0.3 is 0 Å². The van der Waals surface area contributed by atoms with E-state index in [0.717, 1.165) is 6.26 Å². The Morgan fingerprint density at radius 1 is 0.971 bits per heavy atom. The smallest absolute Gasteiger partial charge is 0.266 e. The van der Waals surface area contributed by atoms with Crippen LogP contribution in [0.15, 0.2) is 66.7 Å². The maximum Gasteiger partial charge on any atom is 0.266 e. The van der Waals surface area contributed by atoms with Gasteiger partial charge in [-0.25, -0.2) is 13.0 Å². The Morgan fingerprint density at radius 3 is 2.14 bits per heavy atom. The van der Waals surface area contributed by atoms with Crippen molar-refractivity contribution in [3.8, 4) is 5.75 Å². The number of ether oxygens (including phenoxy) is 1. The second-order valence-electron chi connectivity index (χ2n) is 8.13. The molecule has 3 aromatic rings. The number of hydrogen-bond donors (Lipinski definition) is 2. The number of hydrogen-bond acceptors (Lipinski definition) is 6. The third-order valence-corrected chi connectivity index (χ3v) is 5.86. The van der Waals surface area contributed by atoms with Gasteiger partial charge in [-0.2, -0.15) is 8.42 Å². The highest BCUT2D eigenvalue weighted by molar-refractivity contribution is 7.86. The van der Waals surface area contributed by atoms with Crippen molar-refractivity contribution in [2.75, 3.05) is 6.26 Å². The van der Waals surface area contributed by atoms with Gasteiger partial charge in [0.15, 0.2) is 0 Å². The second kappa shape index (κ2) is 10.9. The van der Waals surface area contributed by atoms with Gasteiger partial charge in [0.05, 0.1) is 6.26 Å². The van der Waals surface area contributed by atoms with E-state index in [1.165, 1.54) is 19.1 Å². The van der Waals surface area contributed by atoms with Crippen molar-refractivity contribution in [1.82, 2.24) is 5.32 Å². The number of carbonyl (C=O) groups excluding carboxylic acids is 1. The molecule has 0 radical (unpaired) electrons. The van der Waals surface area contributed by atoms with Gasteiger partial charge in [0, 0.05) is 18.5 Å². The molecule has 3 rings (SSSR count). The molecule has 0 aromatic heterocycles. The summed E-state index contributed by atoms with van der Waals surface area (Å²) in [7, 11) is -3.98. The largest absolute Gasteiger partial charge is 0.489 e. The van der Waals surface area contributed by atoms with Crippen LogP contribution in [0.5, 0.6) is 5.75 Å². The molecule has 0 saturated heterocycles. The molecule has 1 amide bonds. The summed E-state index contributed by atoms with van der Waals surface area (Å²) < 4.78 is 62.2. The molecule has 0 fully saturated rings. The van der Waals surface area contributed by atoms with Gasteiger partial charge in [0.2, 0.25) is 5.72 Å². The molecular formula is C25H26F2N2O5S. The van der Waals surface area contributed by atoms with E-state index < -0.39 is 27.6 Å². The van der Waals surface area contributed by atoms with Gasteiger partial charge in [-0.1, -0.05) is 48.5 Å². The third-order valence-electron chi connectivity index (χ3n) is 5.22. The number of nitrogens with one attached hydrogen (secondary N) is 1. The Bertz CT molecular complexity index is 1320. The van der Waals surface area contributed by atoms with Crippen molar-refractivity contribution in [2.24, 2.45) is 5.73 Å². The zero-order valence-corrected chi connectivity index (χ0v) is 20.1. The van der Waals surface area contributed by atoms with E-state index in [1.807, 2.05) is 0 Å². The van der Waals surface area contributed by atoms with E-state index in [1.54, 1.807) is 54.6 Å². The summed E-state index contributed by atoms with van der Waals surface area (Å²) in [5, 5.41) is 2.72. The first-order valence-electron chi connectivity index (χ1n) is 10.6. The summed E-state index contributed by atoms with van der Waals surface area (Å²) >= 11 is 0. The van der Waals surface area contributed by atoms with Crippen LogP contribution in [0.1, 0.15) is 29.2 Å². The Labute approximate surface area is 203 Å². The van der Waals surface area contributed by atoms with E-state index in [-0.39, 0.29) is 25.4 Å². The lowest BCUT2D eigenvalue weighted by Crippen LogP contribution is -2.55. The third kappa shape index (κ3) is 7.32. The normalized spacial score (nSPS) is 13.3. The molecule has 0 heterocycles. The second-order valence-corrected chi connectivity index (χ2v) is 9.70. The summed E-state index contributed by atoms with van der Waals surface area (Å²) in [6, 6.07) is 17.6. The average molecular weight is 505 g/mol. The Morgan fingerprint density at radius 2 is 1.57 bits per heavy atom. The van der Waals surface area contributed by atoms with Crippen molar-refractivity contribution in [1.29, 1.82) is 0 Å². The average Bonchev–Trinajstić information content (AvgIpc) is 2.78. The first-order valence-corrected chi connectivity index (χ1v) is 12.5. The quantitative estimate of drug-likeness (QED) is 0.306. The molecule has 0 unspecified atom stereocenters. The minimum atomic E-state index is -3.98. The number of carbonyl (C=O) groups is 1. The van der Waals surface area contributed by atoms with Crippen LogP contribution < -0.4 is 15.8 Å². The predicted molar refractivity (Wildman–Crippen MR) is 127 cm³/mol. The van der Waals surface area contributed by atoms with Gasteiger partial charge in [0.25, 0.3) is 16.0 Å². The predicted octanol–water partition coefficient (Wildman–Crippen LogP) is 3.40. The molecule has 0 spiro atoms. The van der Waals surface area contributed by atoms with Gasteiger partial charge in [-0.3, -0.25) is 10.1 Å². The number of halogens is 2. The number of primary amides is 1. The Kier molecular flexibility index (Phi) is 8.21. The molecule has 3 N–H and O–H groups in total. The lowest BCUT2D eigenvalue weighted by Gasteiger charge is -2.26. The van der Waals surface area contributed by atoms with Crippen LogP contribution in [-0.2, 0) is 38.7 Å². The van der Waals surface area contributed by atoms with Crippen LogP contribution in [0.25, 0.3) is 0 Å². The molecule has 186 valence electrons. The lowest BCUT2D eigenvalue weighted by atomic mass is 10.0. The first kappa shape index (κ1) is 26.3. The summed E-state index contributed by atoms with van der Waals surface area (Å²) in [5.74, 6) is -1.39. The van der Waals surface area contributed by atoms with Crippen LogP contribution in [0.2, 0.25) is 0 Å². The van der Waals surface area contributed by atoms with Crippen molar-refractivity contribution >= 4 is 16.0 Å². The molecule has 7 nitrogen and oxygen atoms in total. The molecule has 35 heavy (non-hydrogen) atoms. The van der Waals surface area contributed by atoms with Crippen molar-refractivity contribution < 1.29 is 30.9 Å². The summed E-state index contributed by atoms with van der Waals surface area (Å²) in [5.41, 5.74) is 5.39. The summed E-state index contributed by atoms with van der Waals surface area (Å²) in [6.45, 7) is 1.19. The standard InChI is InChI=1S/C25H26F2N2O5S/c1-25(24(28)30,34-35(2,31)32)29-15-17-11-12-23(33-16-19-8-4-6-10-22(19)27)20(13-17)14-18-7-3-5-9-21(18)26/h3-13,29H,14-16H2,1-2H3,(H2,28,30)/t25-/m1/s1. The van der Waals surface area contributed by atoms with Crippen molar-refractivity contribution in [2.45, 2.75) is 32.2 Å². The summed E-state index contributed by atoms with van der Waals surface area (Å²) in [4.78, 5) is 11.8. The highest BCUT2D eigenvalue weighted by Gasteiger charge is 2.35. The minimum absolute atomic E-state index is 0.00677. The van der Waals surface area contributed by atoms with Gasteiger partial charge < -0.3 is 10.5 Å². The van der Waals surface area contributed by atoms with E-state index in [4.69, 9.17) is 14.7 Å².